The van der Waals surface area contributed by atoms with E-state index in [0.29, 0.717) is 19.1 Å². The molecule has 0 aliphatic carbocycles. The highest BCUT2D eigenvalue weighted by Crippen LogP contribution is 2.39. The summed E-state index contributed by atoms with van der Waals surface area (Å²) in [6.07, 6.45) is 0.799. The van der Waals surface area contributed by atoms with E-state index in [1.165, 1.54) is 16.7 Å². The molecule has 0 aliphatic heterocycles. The number of para-hydroxylation sites is 1. The summed E-state index contributed by atoms with van der Waals surface area (Å²) in [7, 11) is 0. The molecule has 0 bridgehead atoms. The van der Waals surface area contributed by atoms with Crippen LogP contribution in [0, 0.1) is 0 Å². The first-order chi connectivity index (χ1) is 14.4. The van der Waals surface area contributed by atoms with Crippen LogP contribution in [0.3, 0.4) is 0 Å². The van der Waals surface area contributed by atoms with E-state index in [-0.39, 0.29) is 17.1 Å². The average Bonchev–Trinajstić information content (AvgIpc) is 2.69. The molecular weight excluding hydrogens is 384 g/mol. The van der Waals surface area contributed by atoms with Crippen molar-refractivity contribution in [1.82, 2.24) is 0 Å². The van der Waals surface area contributed by atoms with Gasteiger partial charge in [-0.3, -0.25) is 0 Å². The Morgan fingerprint density at radius 3 is 1.81 bits per heavy atom. The Kier molecular flexibility index (Phi) is 8.59. The summed E-state index contributed by atoms with van der Waals surface area (Å²) in [4.78, 5) is 0. The molecule has 3 heteroatoms. The van der Waals surface area contributed by atoms with Crippen LogP contribution in [0.2, 0.25) is 0 Å². The largest absolute Gasteiger partial charge is 0.491 e. The second-order valence-corrected chi connectivity index (χ2v) is 10.5. The monoisotopic (exact) mass is 426 g/mol. The lowest BCUT2D eigenvalue weighted by Crippen LogP contribution is -2.23. The number of rotatable bonds is 9. The molecule has 3 nitrogen and oxygen atoms in total. The summed E-state index contributed by atoms with van der Waals surface area (Å²) in [5.41, 5.74) is 3.81. The van der Waals surface area contributed by atoms with Crippen molar-refractivity contribution in [3.8, 4) is 11.5 Å². The van der Waals surface area contributed by atoms with Crippen LogP contribution in [0.25, 0.3) is 0 Å². The molecule has 0 amide bonds. The van der Waals surface area contributed by atoms with Gasteiger partial charge in [-0.25, -0.2) is 0 Å². The van der Waals surface area contributed by atoms with Gasteiger partial charge in [-0.05, 0) is 58.9 Å². The van der Waals surface area contributed by atoms with E-state index in [9.17, 15) is 0 Å². The third-order valence-corrected chi connectivity index (χ3v) is 5.68. The van der Waals surface area contributed by atoms with Crippen molar-refractivity contribution >= 4 is 0 Å². The molecule has 2 aromatic rings. The van der Waals surface area contributed by atoms with E-state index >= 15 is 0 Å². The average molecular weight is 427 g/mol. The number of hydrogen-bond donors (Lipinski definition) is 0. The van der Waals surface area contributed by atoms with Crippen molar-refractivity contribution in [2.45, 2.75) is 91.8 Å². The van der Waals surface area contributed by atoms with Gasteiger partial charge in [0.1, 0.15) is 18.1 Å². The molecule has 31 heavy (non-hydrogen) atoms. The first-order valence-electron chi connectivity index (χ1n) is 11.6. The second kappa shape index (κ2) is 10.5. The Bertz CT molecular complexity index is 777. The summed E-state index contributed by atoms with van der Waals surface area (Å²) < 4.78 is 18.1. The number of benzene rings is 2. The van der Waals surface area contributed by atoms with Gasteiger partial charge in [0, 0.05) is 0 Å². The van der Waals surface area contributed by atoms with Gasteiger partial charge < -0.3 is 14.2 Å². The van der Waals surface area contributed by atoms with Gasteiger partial charge in [-0.2, -0.15) is 0 Å². The molecule has 2 atom stereocenters. The number of ether oxygens (including phenoxy) is 3. The standard InChI is InChI=1S/C28H42O3/c1-10-20(2)22-14-16-23(17-15-22)31-21(3)29-18-19-30-26-24(27(4,5)6)12-11-13-25(26)28(7,8)9/h11-17,20-21H,10,18-19H2,1-9H3. The van der Waals surface area contributed by atoms with Crippen LogP contribution < -0.4 is 9.47 Å². The molecule has 0 N–H and O–H groups in total. The Balaban J connectivity index is 1.95. The van der Waals surface area contributed by atoms with Gasteiger partial charge in [0.15, 0.2) is 6.29 Å². The van der Waals surface area contributed by atoms with Gasteiger partial charge >= 0.3 is 0 Å². The van der Waals surface area contributed by atoms with Gasteiger partial charge in [0.25, 0.3) is 0 Å². The molecular formula is C28H42O3. The van der Waals surface area contributed by atoms with E-state index in [1.54, 1.807) is 0 Å². The van der Waals surface area contributed by atoms with Crippen LogP contribution in [0.4, 0.5) is 0 Å². The lowest BCUT2D eigenvalue weighted by atomic mass is 9.79. The highest BCUT2D eigenvalue weighted by atomic mass is 16.7. The smallest absolute Gasteiger partial charge is 0.197 e. The fourth-order valence-electron chi connectivity index (χ4n) is 3.57. The van der Waals surface area contributed by atoms with Crippen molar-refractivity contribution in [3.05, 3.63) is 59.2 Å². The summed E-state index contributed by atoms with van der Waals surface area (Å²) in [5.74, 6) is 2.38. The SMILES string of the molecule is CCC(C)c1ccc(OC(C)OCCOc2c(C(C)(C)C)cccc2C(C)(C)C)cc1. The third kappa shape index (κ3) is 7.28. The summed E-state index contributed by atoms with van der Waals surface area (Å²) in [6.45, 7) is 20.7. The maximum absolute atomic E-state index is 6.30. The molecule has 0 saturated carbocycles. The molecule has 2 aromatic carbocycles. The summed E-state index contributed by atoms with van der Waals surface area (Å²) >= 11 is 0. The van der Waals surface area contributed by atoms with Crippen LogP contribution in [0.5, 0.6) is 11.5 Å². The number of hydrogen-bond acceptors (Lipinski definition) is 3. The Morgan fingerprint density at radius 2 is 1.32 bits per heavy atom. The van der Waals surface area contributed by atoms with E-state index in [0.717, 1.165) is 17.9 Å². The molecule has 0 spiro atoms. The van der Waals surface area contributed by atoms with E-state index in [2.05, 4.69) is 85.7 Å². The molecule has 172 valence electrons. The molecule has 0 aliphatic rings. The van der Waals surface area contributed by atoms with Crippen molar-refractivity contribution in [2.24, 2.45) is 0 Å². The lowest BCUT2D eigenvalue weighted by molar-refractivity contribution is -0.0740. The van der Waals surface area contributed by atoms with Gasteiger partial charge in [0.05, 0.1) is 6.61 Å². The fraction of sp³-hybridized carbons (Fsp3) is 0.571. The van der Waals surface area contributed by atoms with Crippen LogP contribution >= 0.6 is 0 Å². The predicted octanol–water partition coefficient (Wildman–Crippen LogP) is 7.62. The predicted molar refractivity (Wildman–Crippen MR) is 131 cm³/mol. The fourth-order valence-corrected chi connectivity index (χ4v) is 3.57. The normalized spacial score (nSPS) is 14.2. The van der Waals surface area contributed by atoms with Gasteiger partial charge in [-0.1, -0.05) is 85.7 Å². The zero-order valence-electron chi connectivity index (χ0n) is 21.0. The van der Waals surface area contributed by atoms with Crippen molar-refractivity contribution in [2.75, 3.05) is 13.2 Å². The third-order valence-electron chi connectivity index (χ3n) is 5.68. The van der Waals surface area contributed by atoms with Gasteiger partial charge in [-0.15, -0.1) is 0 Å². The highest BCUT2D eigenvalue weighted by molar-refractivity contribution is 5.48. The molecule has 0 fully saturated rings. The first-order valence-corrected chi connectivity index (χ1v) is 11.6. The highest BCUT2D eigenvalue weighted by Gasteiger charge is 2.26. The molecule has 0 aromatic heterocycles. The summed E-state index contributed by atoms with van der Waals surface area (Å²) in [5, 5.41) is 0. The zero-order chi connectivity index (χ0) is 23.2. The van der Waals surface area contributed by atoms with Crippen LogP contribution in [-0.4, -0.2) is 19.5 Å². The minimum Gasteiger partial charge on any atom is -0.491 e. The maximum Gasteiger partial charge on any atom is 0.197 e. The maximum atomic E-state index is 6.30. The van der Waals surface area contributed by atoms with Crippen LogP contribution in [0.1, 0.15) is 91.3 Å². The van der Waals surface area contributed by atoms with Crippen molar-refractivity contribution in [3.63, 3.8) is 0 Å². The molecule has 2 rings (SSSR count). The van der Waals surface area contributed by atoms with Crippen LogP contribution in [0.15, 0.2) is 42.5 Å². The topological polar surface area (TPSA) is 27.7 Å². The Labute approximate surface area is 190 Å². The lowest BCUT2D eigenvalue weighted by Gasteiger charge is -2.29. The van der Waals surface area contributed by atoms with Crippen molar-refractivity contribution < 1.29 is 14.2 Å². The summed E-state index contributed by atoms with van der Waals surface area (Å²) in [6, 6.07) is 14.8. The van der Waals surface area contributed by atoms with E-state index < -0.39 is 0 Å². The Hall–Kier alpha value is -2.00. The molecule has 2 unspecified atom stereocenters. The second-order valence-electron chi connectivity index (χ2n) is 10.5. The molecule has 0 saturated heterocycles. The molecule has 0 radical (unpaired) electrons. The van der Waals surface area contributed by atoms with Crippen molar-refractivity contribution in [1.29, 1.82) is 0 Å². The van der Waals surface area contributed by atoms with Crippen LogP contribution in [-0.2, 0) is 15.6 Å². The van der Waals surface area contributed by atoms with E-state index in [1.807, 2.05) is 19.1 Å². The minimum atomic E-state index is -0.335. The quantitative estimate of drug-likeness (QED) is 0.305. The molecule has 0 heterocycles. The Morgan fingerprint density at radius 1 is 0.774 bits per heavy atom. The first kappa shape index (κ1) is 25.3. The minimum absolute atomic E-state index is 0.00922. The van der Waals surface area contributed by atoms with Gasteiger partial charge in [0.2, 0.25) is 0 Å². The zero-order valence-corrected chi connectivity index (χ0v) is 21.0. The van der Waals surface area contributed by atoms with E-state index in [4.69, 9.17) is 14.2 Å².